The van der Waals surface area contributed by atoms with Crippen LogP contribution in [0.4, 0.5) is 0 Å². The van der Waals surface area contributed by atoms with Gasteiger partial charge in [0.25, 0.3) is 5.56 Å². The van der Waals surface area contributed by atoms with Crippen LogP contribution in [0.2, 0.25) is 0 Å². The Morgan fingerprint density at radius 3 is 2.52 bits per heavy atom. The predicted molar refractivity (Wildman–Crippen MR) is 135 cm³/mol. The average Bonchev–Trinajstić information content (AvgIpc) is 3.25. The minimum Gasteiger partial charge on any atom is -0.496 e. The summed E-state index contributed by atoms with van der Waals surface area (Å²) in [6.45, 7) is 7.55. The highest BCUT2D eigenvalue weighted by Crippen LogP contribution is 2.42. The quantitative estimate of drug-likeness (QED) is 0.368. The van der Waals surface area contributed by atoms with Crippen LogP contribution in [0.15, 0.2) is 46.6 Å². The zero-order valence-electron chi connectivity index (χ0n) is 18.5. The fourth-order valence-electron chi connectivity index (χ4n) is 4.30. The van der Waals surface area contributed by atoms with Gasteiger partial charge in [-0.2, -0.15) is 0 Å². The van der Waals surface area contributed by atoms with Crippen molar-refractivity contribution < 1.29 is 4.74 Å². The highest BCUT2D eigenvalue weighted by Gasteiger charge is 2.19. The lowest BCUT2D eigenvalue weighted by molar-refractivity contribution is 0.416. The summed E-state index contributed by atoms with van der Waals surface area (Å²) in [6, 6.07) is 12.8. The standard InChI is InChI=1S/C25H28N2O2S.ClH/c1-14-12-20(29-5)21(22-19-10-11-30-24(19)25(28)27-23(14)22)18-8-6-17(7-9-18)16(3)15(2)13-26-4;/h6-12,15-16,26H,13H2,1-5H3,(H,27,28);1H. The number of rotatable bonds is 6. The van der Waals surface area contributed by atoms with Crippen LogP contribution in [0.3, 0.4) is 0 Å². The van der Waals surface area contributed by atoms with Gasteiger partial charge in [-0.25, -0.2) is 0 Å². The number of aromatic amines is 1. The van der Waals surface area contributed by atoms with Gasteiger partial charge < -0.3 is 15.0 Å². The Bertz CT molecular complexity index is 1260. The summed E-state index contributed by atoms with van der Waals surface area (Å²) in [5.74, 6) is 1.83. The van der Waals surface area contributed by atoms with Crippen LogP contribution in [-0.4, -0.2) is 25.7 Å². The number of pyridine rings is 1. The van der Waals surface area contributed by atoms with Crippen LogP contribution < -0.4 is 15.6 Å². The number of hydrogen-bond acceptors (Lipinski definition) is 4. The van der Waals surface area contributed by atoms with Crippen molar-refractivity contribution in [3.63, 3.8) is 0 Å². The molecule has 2 aromatic carbocycles. The van der Waals surface area contributed by atoms with Crippen molar-refractivity contribution in [3.8, 4) is 16.9 Å². The van der Waals surface area contributed by atoms with E-state index in [0.29, 0.717) is 11.8 Å². The van der Waals surface area contributed by atoms with E-state index < -0.39 is 0 Å². The Hall–Kier alpha value is -2.34. The van der Waals surface area contributed by atoms with Crippen LogP contribution in [0.5, 0.6) is 5.75 Å². The number of aromatic nitrogens is 1. The molecule has 4 nitrogen and oxygen atoms in total. The minimum atomic E-state index is -0.0330. The Morgan fingerprint density at radius 2 is 1.87 bits per heavy atom. The molecule has 164 valence electrons. The molecule has 0 fully saturated rings. The summed E-state index contributed by atoms with van der Waals surface area (Å²) in [5.41, 5.74) is 5.29. The van der Waals surface area contributed by atoms with Gasteiger partial charge in [-0.15, -0.1) is 23.7 Å². The molecule has 0 saturated carbocycles. The van der Waals surface area contributed by atoms with Gasteiger partial charge in [0.05, 0.1) is 12.6 Å². The molecule has 4 aromatic rings. The predicted octanol–water partition coefficient (Wildman–Crippen LogP) is 6.11. The first-order chi connectivity index (χ1) is 14.5. The number of fused-ring (bicyclic) bond motifs is 3. The van der Waals surface area contributed by atoms with Gasteiger partial charge in [-0.3, -0.25) is 4.79 Å². The number of thiophene rings is 1. The summed E-state index contributed by atoms with van der Waals surface area (Å²) in [4.78, 5) is 15.7. The van der Waals surface area contributed by atoms with E-state index in [1.807, 2.05) is 31.5 Å². The normalized spacial score (nSPS) is 13.2. The Labute approximate surface area is 193 Å². The number of nitrogens with one attached hydrogen (secondary N) is 2. The summed E-state index contributed by atoms with van der Waals surface area (Å²) in [5, 5.41) is 7.28. The molecular weight excluding hydrogens is 428 g/mol. The number of halogens is 1. The van der Waals surface area contributed by atoms with Gasteiger partial charge in [-0.1, -0.05) is 38.1 Å². The first kappa shape index (κ1) is 23.3. The molecule has 0 saturated heterocycles. The Morgan fingerprint density at radius 1 is 1.16 bits per heavy atom. The van der Waals surface area contributed by atoms with Crippen molar-refractivity contribution in [1.29, 1.82) is 0 Å². The average molecular weight is 457 g/mol. The third-order valence-corrected chi connectivity index (χ3v) is 7.11. The van der Waals surface area contributed by atoms with Gasteiger partial charge in [0.1, 0.15) is 10.4 Å². The van der Waals surface area contributed by atoms with Crippen molar-refractivity contribution in [2.75, 3.05) is 20.7 Å². The summed E-state index contributed by atoms with van der Waals surface area (Å²) < 4.78 is 6.55. The van der Waals surface area contributed by atoms with E-state index in [-0.39, 0.29) is 18.0 Å². The molecule has 0 aliphatic heterocycles. The highest BCUT2D eigenvalue weighted by atomic mass is 35.5. The van der Waals surface area contributed by atoms with Crippen molar-refractivity contribution in [2.24, 2.45) is 5.92 Å². The molecule has 2 N–H and O–H groups in total. The molecule has 4 rings (SSSR count). The number of aryl methyl sites for hydroxylation is 1. The lowest BCUT2D eigenvalue weighted by Gasteiger charge is -2.21. The van der Waals surface area contributed by atoms with Crippen molar-refractivity contribution >= 4 is 44.7 Å². The number of ether oxygens (including phenoxy) is 1. The van der Waals surface area contributed by atoms with E-state index in [4.69, 9.17) is 4.74 Å². The van der Waals surface area contributed by atoms with E-state index in [1.54, 1.807) is 7.11 Å². The SMILES string of the molecule is CNCC(C)C(C)c1ccc(-c2c(OC)cc(C)c3[nH]c(=O)c4sccc4c23)cc1.Cl. The monoisotopic (exact) mass is 456 g/mol. The van der Waals surface area contributed by atoms with Crippen LogP contribution in [-0.2, 0) is 0 Å². The first-order valence-corrected chi connectivity index (χ1v) is 11.2. The summed E-state index contributed by atoms with van der Waals surface area (Å²) in [6.07, 6.45) is 0. The fourth-order valence-corrected chi connectivity index (χ4v) is 5.09. The van der Waals surface area contributed by atoms with Crippen LogP contribution in [0.25, 0.3) is 32.1 Å². The Balaban J connectivity index is 0.00000272. The van der Waals surface area contributed by atoms with E-state index in [2.05, 4.69) is 48.4 Å². The zero-order chi connectivity index (χ0) is 21.4. The van der Waals surface area contributed by atoms with Gasteiger partial charge >= 0.3 is 0 Å². The molecule has 0 bridgehead atoms. The third-order valence-electron chi connectivity index (χ3n) is 6.19. The molecule has 0 aliphatic carbocycles. The van der Waals surface area contributed by atoms with Crippen molar-refractivity contribution in [3.05, 3.63) is 63.3 Å². The molecule has 2 heterocycles. The van der Waals surface area contributed by atoms with E-state index >= 15 is 0 Å². The van der Waals surface area contributed by atoms with E-state index in [9.17, 15) is 4.79 Å². The number of H-pyrrole nitrogens is 1. The van der Waals surface area contributed by atoms with Gasteiger partial charge in [-0.05, 0) is 66.6 Å². The molecule has 31 heavy (non-hydrogen) atoms. The second kappa shape index (κ2) is 9.43. The van der Waals surface area contributed by atoms with Crippen molar-refractivity contribution in [1.82, 2.24) is 10.3 Å². The molecular formula is C25H29ClN2O2S. The highest BCUT2D eigenvalue weighted by molar-refractivity contribution is 7.17. The summed E-state index contributed by atoms with van der Waals surface area (Å²) in [7, 11) is 3.70. The number of methoxy groups -OCH3 is 1. The largest absolute Gasteiger partial charge is 0.496 e. The van der Waals surface area contributed by atoms with Crippen LogP contribution in [0.1, 0.15) is 30.9 Å². The molecule has 6 heteroatoms. The van der Waals surface area contributed by atoms with Crippen LogP contribution >= 0.6 is 23.7 Å². The molecule has 0 radical (unpaired) electrons. The first-order valence-electron chi connectivity index (χ1n) is 10.3. The second-order valence-electron chi connectivity index (χ2n) is 8.08. The van der Waals surface area contributed by atoms with E-state index in [0.717, 1.165) is 50.0 Å². The van der Waals surface area contributed by atoms with Gasteiger partial charge in [0, 0.05) is 16.3 Å². The topological polar surface area (TPSA) is 54.1 Å². The molecule has 2 unspecified atom stereocenters. The van der Waals surface area contributed by atoms with Gasteiger partial charge in [0.2, 0.25) is 0 Å². The Kier molecular flexibility index (Phi) is 7.10. The lowest BCUT2D eigenvalue weighted by Crippen LogP contribution is -2.20. The third kappa shape index (κ3) is 4.10. The molecule has 2 aromatic heterocycles. The molecule has 0 aliphatic rings. The van der Waals surface area contributed by atoms with Crippen molar-refractivity contribution in [2.45, 2.75) is 26.7 Å². The summed E-state index contributed by atoms with van der Waals surface area (Å²) >= 11 is 1.48. The maximum Gasteiger partial charge on any atom is 0.266 e. The second-order valence-corrected chi connectivity index (χ2v) is 9.00. The fraction of sp³-hybridized carbons (Fsp3) is 0.320. The smallest absolute Gasteiger partial charge is 0.266 e. The zero-order valence-corrected chi connectivity index (χ0v) is 20.2. The van der Waals surface area contributed by atoms with Crippen LogP contribution in [0, 0.1) is 12.8 Å². The maximum atomic E-state index is 12.6. The van der Waals surface area contributed by atoms with E-state index in [1.165, 1.54) is 16.9 Å². The maximum absolute atomic E-state index is 12.6. The molecule has 0 spiro atoms. The van der Waals surface area contributed by atoms with Gasteiger partial charge in [0.15, 0.2) is 0 Å². The number of hydrogen-bond donors (Lipinski definition) is 2. The molecule has 0 amide bonds. The lowest BCUT2D eigenvalue weighted by atomic mass is 9.87. The number of benzene rings is 2. The minimum absolute atomic E-state index is 0. The molecule has 2 atom stereocenters.